The van der Waals surface area contributed by atoms with E-state index in [1.54, 1.807) is 0 Å². The predicted octanol–water partition coefficient (Wildman–Crippen LogP) is 7.40. The molecule has 0 saturated heterocycles. The van der Waals surface area contributed by atoms with Crippen molar-refractivity contribution in [2.75, 3.05) is 0 Å². The lowest BCUT2D eigenvalue weighted by molar-refractivity contribution is -0.114. The molecule has 2 heteroatoms. The van der Waals surface area contributed by atoms with Crippen molar-refractivity contribution in [3.63, 3.8) is 0 Å². The summed E-state index contributed by atoms with van der Waals surface area (Å²) in [7, 11) is 0. The summed E-state index contributed by atoms with van der Waals surface area (Å²) >= 11 is 0. The van der Waals surface area contributed by atoms with Gasteiger partial charge in [0.1, 0.15) is 0 Å². The predicted molar refractivity (Wildman–Crippen MR) is 127 cm³/mol. The Morgan fingerprint density at radius 2 is 1.00 bits per heavy atom. The molecule has 30 heavy (non-hydrogen) atoms. The lowest BCUT2D eigenvalue weighted by Crippen LogP contribution is -2.30. The molecule has 0 aromatic rings. The van der Waals surface area contributed by atoms with E-state index in [9.17, 15) is 9.59 Å². The van der Waals surface area contributed by atoms with Gasteiger partial charge in [-0.3, -0.25) is 9.59 Å². The number of Topliss-reactive ketones (excluding diaryl/α,β-unsaturated/α-hetero) is 2. The minimum Gasteiger partial charge on any atom is -0.289 e. The van der Waals surface area contributed by atoms with Crippen molar-refractivity contribution in [1.29, 1.82) is 0 Å². The van der Waals surface area contributed by atoms with E-state index in [-0.39, 0.29) is 22.4 Å². The maximum Gasteiger partial charge on any atom is 0.186 e. The van der Waals surface area contributed by atoms with E-state index in [4.69, 9.17) is 0 Å². The van der Waals surface area contributed by atoms with Gasteiger partial charge in [-0.2, -0.15) is 0 Å². The molecule has 0 atom stereocenters. The summed E-state index contributed by atoms with van der Waals surface area (Å²) < 4.78 is 0. The van der Waals surface area contributed by atoms with Crippen molar-refractivity contribution in [2.45, 2.75) is 81.1 Å². The highest BCUT2D eigenvalue weighted by Gasteiger charge is 2.36. The fraction of sp³-hybridized carbons (Fsp3) is 0.500. The molecule has 0 aromatic heterocycles. The quantitative estimate of drug-likeness (QED) is 0.441. The molecular weight excluding hydrogens is 368 g/mol. The van der Waals surface area contributed by atoms with Gasteiger partial charge in [-0.15, -0.1) is 0 Å². The third kappa shape index (κ3) is 4.91. The molecule has 0 unspecified atom stereocenters. The SMILES string of the molecule is CCC1=CC(=CC=C2C=C(C(C)(C)CC)C(=O)C(C(C)(C)CC)=C2)C=C(CC)C1=O. The highest BCUT2D eigenvalue weighted by Crippen LogP contribution is 2.42. The third-order valence-corrected chi connectivity index (χ3v) is 6.83. The number of ketones is 2. The van der Waals surface area contributed by atoms with Crippen LogP contribution in [0.15, 0.2) is 69.9 Å². The molecule has 0 bridgehead atoms. The molecule has 0 fully saturated rings. The molecule has 2 nitrogen and oxygen atoms in total. The van der Waals surface area contributed by atoms with E-state index in [0.717, 1.165) is 59.1 Å². The van der Waals surface area contributed by atoms with Gasteiger partial charge in [-0.25, -0.2) is 0 Å². The van der Waals surface area contributed by atoms with Crippen molar-refractivity contribution in [2.24, 2.45) is 10.8 Å². The van der Waals surface area contributed by atoms with Crippen LogP contribution < -0.4 is 0 Å². The maximum atomic E-state index is 13.4. The Kier molecular flexibility index (Phi) is 7.45. The minimum absolute atomic E-state index is 0.172. The van der Waals surface area contributed by atoms with Crippen LogP contribution in [0.25, 0.3) is 0 Å². The largest absolute Gasteiger partial charge is 0.289 e. The van der Waals surface area contributed by atoms with Gasteiger partial charge in [0.15, 0.2) is 11.6 Å². The Bertz CT molecular complexity index is 844. The molecule has 2 aliphatic rings. The van der Waals surface area contributed by atoms with Crippen LogP contribution in [0.3, 0.4) is 0 Å². The van der Waals surface area contributed by atoms with E-state index in [0.29, 0.717) is 0 Å². The Morgan fingerprint density at radius 3 is 1.33 bits per heavy atom. The molecule has 0 aliphatic heterocycles. The molecule has 0 radical (unpaired) electrons. The first-order chi connectivity index (χ1) is 14.0. The molecule has 0 amide bonds. The second-order valence-corrected chi connectivity index (χ2v) is 9.63. The van der Waals surface area contributed by atoms with E-state index < -0.39 is 0 Å². The number of carbonyl (C=O) groups excluding carboxylic acids is 2. The van der Waals surface area contributed by atoms with Crippen LogP contribution in [0, 0.1) is 10.8 Å². The monoisotopic (exact) mass is 406 g/mol. The zero-order valence-electron chi connectivity index (χ0n) is 20.1. The average molecular weight is 407 g/mol. The lowest BCUT2D eigenvalue weighted by atomic mass is 9.69. The van der Waals surface area contributed by atoms with E-state index in [2.05, 4.69) is 65.8 Å². The van der Waals surface area contributed by atoms with Crippen molar-refractivity contribution in [1.82, 2.24) is 0 Å². The van der Waals surface area contributed by atoms with Crippen molar-refractivity contribution in [3.05, 3.63) is 69.9 Å². The van der Waals surface area contributed by atoms with Gasteiger partial charge in [-0.1, -0.05) is 67.5 Å². The summed E-state index contributed by atoms with van der Waals surface area (Å²) in [5, 5.41) is 0. The lowest BCUT2D eigenvalue weighted by Gasteiger charge is -2.34. The van der Waals surface area contributed by atoms with Crippen molar-refractivity contribution < 1.29 is 9.59 Å². The molecule has 0 N–H and O–H groups in total. The van der Waals surface area contributed by atoms with Crippen LogP contribution in [0.1, 0.15) is 81.1 Å². The van der Waals surface area contributed by atoms with Gasteiger partial charge >= 0.3 is 0 Å². The topological polar surface area (TPSA) is 34.1 Å². The highest BCUT2D eigenvalue weighted by atomic mass is 16.1. The van der Waals surface area contributed by atoms with E-state index >= 15 is 0 Å². The van der Waals surface area contributed by atoms with Crippen LogP contribution in [0.2, 0.25) is 0 Å². The smallest absolute Gasteiger partial charge is 0.186 e. The van der Waals surface area contributed by atoms with Gasteiger partial charge in [0, 0.05) is 22.3 Å². The molecule has 0 saturated carbocycles. The number of carbonyl (C=O) groups is 2. The van der Waals surface area contributed by atoms with Crippen LogP contribution in [0.4, 0.5) is 0 Å². The molecular formula is C28H38O2. The zero-order valence-corrected chi connectivity index (χ0v) is 20.1. The van der Waals surface area contributed by atoms with Crippen LogP contribution in [-0.4, -0.2) is 11.6 Å². The maximum absolute atomic E-state index is 13.4. The fourth-order valence-electron chi connectivity index (χ4n) is 3.73. The highest BCUT2D eigenvalue weighted by molar-refractivity contribution is 6.12. The van der Waals surface area contributed by atoms with Crippen molar-refractivity contribution >= 4 is 11.6 Å². The van der Waals surface area contributed by atoms with Gasteiger partial charge in [0.2, 0.25) is 0 Å². The third-order valence-electron chi connectivity index (χ3n) is 6.83. The standard InChI is InChI=1S/C28H38O2/c1-9-21-15-19(16-22(10-2)25(21)29)13-14-20-17-23(27(5,6)11-3)26(30)24(18-20)28(7,8)12-4/h13-18H,9-12H2,1-8H3. The van der Waals surface area contributed by atoms with E-state index in [1.807, 2.05) is 26.0 Å². The van der Waals surface area contributed by atoms with Crippen LogP contribution in [-0.2, 0) is 9.59 Å². The van der Waals surface area contributed by atoms with Gasteiger partial charge in [0.25, 0.3) is 0 Å². The summed E-state index contributed by atoms with van der Waals surface area (Å²) in [6, 6.07) is 0. The first kappa shape index (κ1) is 24.1. The number of hydrogen-bond donors (Lipinski definition) is 0. The molecule has 0 spiro atoms. The Hall–Kier alpha value is -2.22. The molecule has 2 rings (SSSR count). The summed E-state index contributed by atoms with van der Waals surface area (Å²) in [6.07, 6.45) is 15.6. The second-order valence-electron chi connectivity index (χ2n) is 9.63. The first-order valence-electron chi connectivity index (χ1n) is 11.4. The Balaban J connectivity index is 2.59. The van der Waals surface area contributed by atoms with Crippen LogP contribution >= 0.6 is 0 Å². The van der Waals surface area contributed by atoms with Gasteiger partial charge in [0.05, 0.1) is 0 Å². The molecule has 0 heterocycles. The second kappa shape index (κ2) is 9.29. The average Bonchev–Trinajstić information content (AvgIpc) is 2.73. The summed E-state index contributed by atoms with van der Waals surface area (Å²) in [6.45, 7) is 16.9. The Labute approximate surface area is 183 Å². The van der Waals surface area contributed by atoms with Crippen LogP contribution in [0.5, 0.6) is 0 Å². The molecule has 162 valence electrons. The molecule has 0 aromatic carbocycles. The summed E-state index contributed by atoms with van der Waals surface area (Å²) in [5.41, 5.74) is 5.26. The zero-order chi connectivity index (χ0) is 22.7. The number of rotatable bonds is 7. The normalized spacial score (nSPS) is 18.0. The minimum atomic E-state index is -0.172. The fourth-order valence-corrected chi connectivity index (χ4v) is 3.73. The van der Waals surface area contributed by atoms with Crippen molar-refractivity contribution in [3.8, 4) is 0 Å². The van der Waals surface area contributed by atoms with Gasteiger partial charge in [-0.05, 0) is 72.0 Å². The first-order valence-corrected chi connectivity index (χ1v) is 11.4. The summed E-state index contributed by atoms with van der Waals surface area (Å²) in [4.78, 5) is 25.8. The molecule has 2 aliphatic carbocycles. The Morgan fingerprint density at radius 1 is 0.633 bits per heavy atom. The van der Waals surface area contributed by atoms with Gasteiger partial charge < -0.3 is 0 Å². The number of hydrogen-bond acceptors (Lipinski definition) is 2. The van der Waals surface area contributed by atoms with E-state index in [1.165, 1.54) is 0 Å². The number of allylic oxidation sites excluding steroid dienone is 12. The summed E-state index contributed by atoms with van der Waals surface area (Å²) in [5.74, 6) is 0.356.